The zero-order chi connectivity index (χ0) is 17.7. The SMILES string of the molecule is CC(C)=CCC/C(C)=C/CCC1(C)CC(=O)c2cc(O)ccc2O1. The number of carbonyl (C=O) groups is 1. The number of allylic oxidation sites excluding steroid dienone is 4. The maximum Gasteiger partial charge on any atom is 0.170 e. The van der Waals surface area contributed by atoms with Crippen LogP contribution in [0.25, 0.3) is 0 Å². The highest BCUT2D eigenvalue weighted by Crippen LogP contribution is 2.37. The first-order chi connectivity index (χ1) is 11.3. The fourth-order valence-electron chi connectivity index (χ4n) is 3.02. The molecule has 0 aliphatic carbocycles. The van der Waals surface area contributed by atoms with E-state index in [1.165, 1.54) is 17.2 Å². The molecule has 1 unspecified atom stereocenters. The predicted molar refractivity (Wildman–Crippen MR) is 97.7 cm³/mol. The largest absolute Gasteiger partial charge is 0.508 e. The van der Waals surface area contributed by atoms with Crippen LogP contribution in [0, 0.1) is 0 Å². The van der Waals surface area contributed by atoms with Gasteiger partial charge in [0.1, 0.15) is 17.1 Å². The number of rotatable bonds is 6. The van der Waals surface area contributed by atoms with Crippen LogP contribution in [0.2, 0.25) is 0 Å². The maximum atomic E-state index is 12.3. The van der Waals surface area contributed by atoms with Gasteiger partial charge < -0.3 is 9.84 Å². The Hall–Kier alpha value is -2.03. The number of hydrogen-bond donors (Lipinski definition) is 1. The van der Waals surface area contributed by atoms with Crippen LogP contribution in [-0.2, 0) is 0 Å². The fourth-order valence-corrected chi connectivity index (χ4v) is 3.02. The van der Waals surface area contributed by atoms with Crippen molar-refractivity contribution in [3.05, 3.63) is 47.1 Å². The molecule has 1 N–H and O–H groups in total. The van der Waals surface area contributed by atoms with Gasteiger partial charge in [0.2, 0.25) is 0 Å². The predicted octanol–water partition coefficient (Wildman–Crippen LogP) is 5.59. The van der Waals surface area contributed by atoms with E-state index in [4.69, 9.17) is 4.74 Å². The summed E-state index contributed by atoms with van der Waals surface area (Å²) in [5.41, 5.74) is 2.75. The van der Waals surface area contributed by atoms with Crippen molar-refractivity contribution in [1.82, 2.24) is 0 Å². The lowest BCUT2D eigenvalue weighted by atomic mass is 9.87. The average molecular weight is 328 g/mol. The van der Waals surface area contributed by atoms with Crippen LogP contribution in [0.5, 0.6) is 11.5 Å². The summed E-state index contributed by atoms with van der Waals surface area (Å²) in [7, 11) is 0. The second-order valence-corrected chi connectivity index (χ2v) is 7.24. The topological polar surface area (TPSA) is 46.5 Å². The normalized spacial score (nSPS) is 20.3. The Morgan fingerprint density at radius 1 is 1.25 bits per heavy atom. The van der Waals surface area contributed by atoms with E-state index in [1.54, 1.807) is 12.1 Å². The van der Waals surface area contributed by atoms with Gasteiger partial charge in [-0.05, 0) is 71.6 Å². The van der Waals surface area contributed by atoms with Crippen LogP contribution in [0.15, 0.2) is 41.5 Å². The first-order valence-electron chi connectivity index (χ1n) is 8.63. The minimum Gasteiger partial charge on any atom is -0.508 e. The van der Waals surface area contributed by atoms with E-state index >= 15 is 0 Å². The lowest BCUT2D eigenvalue weighted by molar-refractivity contribution is 0.0474. The minimum atomic E-state index is -0.474. The molecule has 3 heteroatoms. The summed E-state index contributed by atoms with van der Waals surface area (Å²) < 4.78 is 6.07. The summed E-state index contributed by atoms with van der Waals surface area (Å²) >= 11 is 0. The molecule has 0 saturated heterocycles. The van der Waals surface area contributed by atoms with Crippen LogP contribution in [0.3, 0.4) is 0 Å². The number of phenols is 1. The molecule has 1 aromatic rings. The van der Waals surface area contributed by atoms with Gasteiger partial charge in [0.05, 0.1) is 12.0 Å². The van der Waals surface area contributed by atoms with Crippen LogP contribution in [0.4, 0.5) is 0 Å². The van der Waals surface area contributed by atoms with Crippen molar-refractivity contribution in [2.45, 2.75) is 65.4 Å². The number of Topliss-reactive ketones (excluding diaryl/α,β-unsaturated/α-hetero) is 1. The number of aromatic hydroxyl groups is 1. The monoisotopic (exact) mass is 328 g/mol. The molecule has 0 spiro atoms. The smallest absolute Gasteiger partial charge is 0.170 e. The van der Waals surface area contributed by atoms with Crippen molar-refractivity contribution < 1.29 is 14.6 Å². The highest BCUT2D eigenvalue weighted by atomic mass is 16.5. The lowest BCUT2D eigenvalue weighted by Crippen LogP contribution is -2.39. The van der Waals surface area contributed by atoms with Crippen molar-refractivity contribution in [1.29, 1.82) is 0 Å². The molecule has 24 heavy (non-hydrogen) atoms. The molecule has 0 fully saturated rings. The molecule has 130 valence electrons. The Morgan fingerprint density at radius 3 is 2.71 bits per heavy atom. The molecule has 0 bridgehead atoms. The zero-order valence-corrected chi connectivity index (χ0v) is 15.2. The van der Waals surface area contributed by atoms with Gasteiger partial charge >= 0.3 is 0 Å². The van der Waals surface area contributed by atoms with Crippen LogP contribution in [0.1, 0.15) is 70.2 Å². The number of fused-ring (bicyclic) bond motifs is 1. The summed E-state index contributed by atoms with van der Waals surface area (Å²) in [5, 5.41) is 9.52. The maximum absolute atomic E-state index is 12.3. The Kier molecular flexibility index (Phi) is 5.87. The van der Waals surface area contributed by atoms with Gasteiger partial charge in [-0.2, -0.15) is 0 Å². The van der Waals surface area contributed by atoms with Gasteiger partial charge in [-0.1, -0.05) is 23.3 Å². The fraction of sp³-hybridized carbons (Fsp3) is 0.476. The highest BCUT2D eigenvalue weighted by molar-refractivity contribution is 6.00. The number of ether oxygens (including phenoxy) is 1. The van der Waals surface area contributed by atoms with Gasteiger partial charge in [-0.3, -0.25) is 4.79 Å². The number of ketones is 1. The summed E-state index contributed by atoms with van der Waals surface area (Å²) in [6, 6.07) is 4.73. The highest BCUT2D eigenvalue weighted by Gasteiger charge is 2.36. The summed E-state index contributed by atoms with van der Waals surface area (Å²) in [6.07, 6.45) is 8.72. The van der Waals surface area contributed by atoms with Gasteiger partial charge in [-0.25, -0.2) is 0 Å². The van der Waals surface area contributed by atoms with Gasteiger partial charge in [0, 0.05) is 0 Å². The molecule has 1 heterocycles. The number of phenolic OH excluding ortho intramolecular Hbond substituents is 1. The quantitative estimate of drug-likeness (QED) is 0.692. The standard InChI is InChI=1S/C21H28O3/c1-15(2)7-5-8-16(3)9-6-12-21(4)14-19(23)18-13-17(22)10-11-20(18)24-21/h7,9-11,13,22H,5-6,8,12,14H2,1-4H3/b16-9+. The Balaban J connectivity index is 1.94. The second kappa shape index (κ2) is 7.69. The third-order valence-electron chi connectivity index (χ3n) is 4.41. The number of hydrogen-bond acceptors (Lipinski definition) is 3. The van der Waals surface area contributed by atoms with E-state index < -0.39 is 5.60 Å². The first-order valence-corrected chi connectivity index (χ1v) is 8.63. The number of benzene rings is 1. The van der Waals surface area contributed by atoms with Crippen molar-refractivity contribution in [2.24, 2.45) is 0 Å². The molecule has 1 aromatic carbocycles. The van der Waals surface area contributed by atoms with Gasteiger partial charge in [0.25, 0.3) is 0 Å². The molecule has 1 aliphatic heterocycles. The first kappa shape index (κ1) is 18.3. The Morgan fingerprint density at radius 2 is 2.00 bits per heavy atom. The van der Waals surface area contributed by atoms with Crippen LogP contribution in [-0.4, -0.2) is 16.5 Å². The van der Waals surface area contributed by atoms with Crippen LogP contribution < -0.4 is 4.74 Å². The van der Waals surface area contributed by atoms with E-state index in [0.29, 0.717) is 17.7 Å². The summed E-state index contributed by atoms with van der Waals surface area (Å²) in [6.45, 7) is 8.39. The molecular weight excluding hydrogens is 300 g/mol. The Bertz CT molecular complexity index is 666. The van der Waals surface area contributed by atoms with Crippen molar-refractivity contribution in [3.8, 4) is 11.5 Å². The van der Waals surface area contributed by atoms with E-state index in [-0.39, 0.29) is 11.5 Å². The lowest BCUT2D eigenvalue weighted by Gasteiger charge is -2.34. The van der Waals surface area contributed by atoms with Gasteiger partial charge in [-0.15, -0.1) is 0 Å². The molecule has 1 aliphatic rings. The van der Waals surface area contributed by atoms with Crippen molar-refractivity contribution >= 4 is 5.78 Å². The zero-order valence-electron chi connectivity index (χ0n) is 15.2. The molecule has 0 amide bonds. The van der Waals surface area contributed by atoms with Crippen molar-refractivity contribution in [2.75, 3.05) is 0 Å². The van der Waals surface area contributed by atoms with Crippen LogP contribution >= 0.6 is 0 Å². The third kappa shape index (κ3) is 4.98. The van der Waals surface area contributed by atoms with E-state index in [9.17, 15) is 9.90 Å². The number of carbonyl (C=O) groups excluding carboxylic acids is 1. The Labute approximate surface area is 145 Å². The molecular formula is C21H28O3. The molecule has 2 rings (SSSR count). The molecule has 1 atom stereocenters. The molecule has 0 saturated carbocycles. The second-order valence-electron chi connectivity index (χ2n) is 7.24. The van der Waals surface area contributed by atoms with E-state index in [1.807, 2.05) is 6.92 Å². The van der Waals surface area contributed by atoms with Crippen molar-refractivity contribution in [3.63, 3.8) is 0 Å². The molecule has 0 aromatic heterocycles. The van der Waals surface area contributed by atoms with E-state index in [0.717, 1.165) is 25.7 Å². The average Bonchev–Trinajstić information content (AvgIpc) is 2.47. The summed E-state index contributed by atoms with van der Waals surface area (Å²) in [5.74, 6) is 0.721. The van der Waals surface area contributed by atoms with E-state index in [2.05, 4.69) is 32.9 Å². The molecule has 0 radical (unpaired) electrons. The van der Waals surface area contributed by atoms with Gasteiger partial charge in [0.15, 0.2) is 5.78 Å². The minimum absolute atomic E-state index is 0.0407. The summed E-state index contributed by atoms with van der Waals surface area (Å²) in [4.78, 5) is 12.3. The molecule has 3 nitrogen and oxygen atoms in total. The third-order valence-corrected chi connectivity index (χ3v) is 4.41.